The largest absolute Gasteiger partial charge is 0.348 e. The molecule has 98 valence electrons. The Morgan fingerprint density at radius 3 is 3.11 bits per heavy atom. The molecule has 6 heteroatoms. The van der Waals surface area contributed by atoms with Crippen LogP contribution >= 0.6 is 0 Å². The van der Waals surface area contributed by atoms with Crippen LogP contribution in [-0.4, -0.2) is 34.2 Å². The number of benzene rings is 1. The van der Waals surface area contributed by atoms with Gasteiger partial charge in [-0.25, -0.2) is 9.07 Å². The molecule has 0 aliphatic carbocycles. The van der Waals surface area contributed by atoms with Crippen LogP contribution in [0.15, 0.2) is 30.5 Å². The predicted molar refractivity (Wildman–Crippen MR) is 65.7 cm³/mol. The number of morpholine rings is 1. The molecule has 3 aliphatic heterocycles. The quantitative estimate of drug-likeness (QED) is 0.879. The highest BCUT2D eigenvalue weighted by Crippen LogP contribution is 2.39. The van der Waals surface area contributed by atoms with Crippen molar-refractivity contribution in [1.29, 1.82) is 0 Å². The van der Waals surface area contributed by atoms with E-state index in [1.165, 1.54) is 12.1 Å². The molecule has 3 fully saturated rings. The van der Waals surface area contributed by atoms with Crippen molar-refractivity contribution in [3.63, 3.8) is 0 Å². The van der Waals surface area contributed by atoms with E-state index in [0.717, 1.165) is 25.1 Å². The van der Waals surface area contributed by atoms with Gasteiger partial charge >= 0.3 is 0 Å². The molecule has 3 aliphatic rings. The van der Waals surface area contributed by atoms with Crippen molar-refractivity contribution in [1.82, 2.24) is 20.3 Å². The van der Waals surface area contributed by atoms with Gasteiger partial charge in [-0.2, -0.15) is 0 Å². The third-order valence-corrected chi connectivity index (χ3v) is 3.74. The van der Waals surface area contributed by atoms with Gasteiger partial charge in [0.05, 0.1) is 12.3 Å². The molecule has 0 saturated carbocycles. The molecule has 2 atom stereocenters. The number of rotatable bonds is 2. The van der Waals surface area contributed by atoms with Gasteiger partial charge in [-0.3, -0.25) is 0 Å². The Balaban J connectivity index is 1.67. The third-order valence-electron chi connectivity index (χ3n) is 3.74. The zero-order valence-corrected chi connectivity index (χ0v) is 10.2. The van der Waals surface area contributed by atoms with Crippen molar-refractivity contribution in [2.24, 2.45) is 0 Å². The standard InChI is InChI=1S/C13H13FN4O/c14-10-3-1-2-9(4-10)12-7-18(17-16-12)13-5-11(19-13)6-15-8-13/h1-4,7,11,15H,5-6,8H2/t11-,13?/m0/s1. The van der Waals surface area contributed by atoms with Gasteiger partial charge in [-0.05, 0) is 12.1 Å². The lowest BCUT2D eigenvalue weighted by Gasteiger charge is -2.51. The first-order valence-electron chi connectivity index (χ1n) is 6.32. The van der Waals surface area contributed by atoms with E-state index in [-0.39, 0.29) is 11.9 Å². The lowest BCUT2D eigenvalue weighted by atomic mass is 9.93. The van der Waals surface area contributed by atoms with Crippen molar-refractivity contribution in [3.05, 3.63) is 36.3 Å². The summed E-state index contributed by atoms with van der Waals surface area (Å²) in [7, 11) is 0. The normalized spacial score (nSPS) is 29.0. The summed E-state index contributed by atoms with van der Waals surface area (Å²) in [4.78, 5) is 0. The number of aromatic nitrogens is 3. The molecule has 1 unspecified atom stereocenters. The van der Waals surface area contributed by atoms with E-state index in [0.29, 0.717) is 5.69 Å². The van der Waals surface area contributed by atoms with Crippen molar-refractivity contribution in [3.8, 4) is 11.3 Å². The number of nitrogens with zero attached hydrogens (tertiary/aromatic N) is 3. The average Bonchev–Trinajstić information content (AvgIpc) is 2.88. The molecule has 5 nitrogen and oxygen atoms in total. The zero-order valence-electron chi connectivity index (χ0n) is 10.2. The smallest absolute Gasteiger partial charge is 0.177 e. The minimum absolute atomic E-state index is 0.274. The van der Waals surface area contributed by atoms with Crippen LogP contribution in [0.4, 0.5) is 4.39 Å². The Morgan fingerprint density at radius 2 is 2.37 bits per heavy atom. The summed E-state index contributed by atoms with van der Waals surface area (Å²) in [6.45, 7) is 1.63. The van der Waals surface area contributed by atoms with E-state index in [2.05, 4.69) is 15.6 Å². The van der Waals surface area contributed by atoms with Gasteiger partial charge in [0.1, 0.15) is 11.5 Å². The first kappa shape index (κ1) is 11.1. The molecule has 0 amide bonds. The minimum atomic E-state index is -0.401. The van der Waals surface area contributed by atoms with Gasteiger partial charge in [0, 0.05) is 25.1 Å². The number of hydrogen-bond acceptors (Lipinski definition) is 4. The summed E-state index contributed by atoms with van der Waals surface area (Å²) in [6, 6.07) is 6.35. The van der Waals surface area contributed by atoms with Crippen LogP contribution in [-0.2, 0) is 10.5 Å². The average molecular weight is 260 g/mol. The minimum Gasteiger partial charge on any atom is -0.348 e. The third kappa shape index (κ3) is 1.67. The fourth-order valence-corrected chi connectivity index (χ4v) is 2.78. The van der Waals surface area contributed by atoms with Crippen molar-refractivity contribution < 1.29 is 9.13 Å². The second-order valence-corrected chi connectivity index (χ2v) is 5.08. The van der Waals surface area contributed by atoms with Crippen LogP contribution in [0.25, 0.3) is 11.3 Å². The molecule has 5 rings (SSSR count). The van der Waals surface area contributed by atoms with Gasteiger partial charge < -0.3 is 10.1 Å². The number of ether oxygens (including phenoxy) is 1. The molecular formula is C13H13FN4O. The second-order valence-electron chi connectivity index (χ2n) is 5.08. The van der Waals surface area contributed by atoms with E-state index in [1.807, 2.05) is 12.3 Å². The maximum atomic E-state index is 13.2. The predicted octanol–water partition coefficient (Wildman–Crippen LogP) is 1.13. The number of nitrogens with one attached hydrogen (secondary N) is 1. The Morgan fingerprint density at radius 1 is 1.47 bits per heavy atom. The Hall–Kier alpha value is -1.79. The van der Waals surface area contributed by atoms with Crippen LogP contribution in [0.3, 0.4) is 0 Å². The summed E-state index contributed by atoms with van der Waals surface area (Å²) in [5.74, 6) is -0.274. The molecular weight excluding hydrogens is 247 g/mol. The van der Waals surface area contributed by atoms with Crippen molar-refractivity contribution in [2.75, 3.05) is 13.1 Å². The number of fused-ring (bicyclic) bond motifs is 2. The summed E-state index contributed by atoms with van der Waals surface area (Å²) in [5.41, 5.74) is 0.982. The molecule has 19 heavy (non-hydrogen) atoms. The molecule has 2 bridgehead atoms. The molecule has 1 N–H and O–H groups in total. The summed E-state index contributed by atoms with van der Waals surface area (Å²) in [6.07, 6.45) is 3.04. The van der Waals surface area contributed by atoms with Gasteiger partial charge in [0.25, 0.3) is 0 Å². The Labute approximate surface area is 109 Å². The number of hydrogen-bond donors (Lipinski definition) is 1. The number of piperidine rings is 1. The monoisotopic (exact) mass is 260 g/mol. The molecule has 4 heterocycles. The van der Waals surface area contributed by atoms with Gasteiger partial charge in [0.15, 0.2) is 5.72 Å². The van der Waals surface area contributed by atoms with Gasteiger partial charge in [-0.1, -0.05) is 17.3 Å². The molecule has 0 radical (unpaired) electrons. The van der Waals surface area contributed by atoms with Crippen LogP contribution in [0.1, 0.15) is 6.42 Å². The summed E-state index contributed by atoms with van der Waals surface area (Å²) in [5, 5.41) is 11.6. The molecule has 1 aromatic heterocycles. The summed E-state index contributed by atoms with van der Waals surface area (Å²) >= 11 is 0. The Bertz CT molecular complexity index is 615. The van der Waals surface area contributed by atoms with E-state index < -0.39 is 5.72 Å². The van der Waals surface area contributed by atoms with E-state index in [1.54, 1.807) is 10.7 Å². The zero-order chi connectivity index (χ0) is 12.9. The highest BCUT2D eigenvalue weighted by molar-refractivity contribution is 5.57. The van der Waals surface area contributed by atoms with Crippen LogP contribution < -0.4 is 5.32 Å². The highest BCUT2D eigenvalue weighted by Gasteiger charge is 2.51. The van der Waals surface area contributed by atoms with Crippen LogP contribution in [0.5, 0.6) is 0 Å². The summed E-state index contributed by atoms with van der Waals surface area (Å²) < 4.78 is 20.8. The maximum absolute atomic E-state index is 13.2. The molecule has 1 aromatic carbocycles. The maximum Gasteiger partial charge on any atom is 0.177 e. The first-order chi connectivity index (χ1) is 9.25. The SMILES string of the molecule is Fc1cccc(-c2cn(C34CNC[C@H](C3)O4)nn2)c1. The van der Waals surface area contributed by atoms with E-state index in [4.69, 9.17) is 4.74 Å². The molecule has 0 spiro atoms. The highest BCUT2D eigenvalue weighted by atomic mass is 19.1. The lowest BCUT2D eigenvalue weighted by Crippen LogP contribution is -2.65. The first-order valence-corrected chi connectivity index (χ1v) is 6.32. The van der Waals surface area contributed by atoms with E-state index >= 15 is 0 Å². The van der Waals surface area contributed by atoms with Gasteiger partial charge in [-0.15, -0.1) is 5.10 Å². The molecule has 2 aromatic rings. The van der Waals surface area contributed by atoms with E-state index in [9.17, 15) is 4.39 Å². The Kier molecular flexibility index (Phi) is 2.24. The van der Waals surface area contributed by atoms with Crippen molar-refractivity contribution in [2.45, 2.75) is 18.2 Å². The number of halogens is 1. The fourth-order valence-electron chi connectivity index (χ4n) is 2.78. The van der Waals surface area contributed by atoms with Gasteiger partial charge in [0.2, 0.25) is 0 Å². The van der Waals surface area contributed by atoms with Crippen LogP contribution in [0.2, 0.25) is 0 Å². The second kappa shape index (κ2) is 3.85. The van der Waals surface area contributed by atoms with Crippen molar-refractivity contribution >= 4 is 0 Å². The molecule has 3 saturated heterocycles. The van der Waals surface area contributed by atoms with Crippen LogP contribution in [0, 0.1) is 5.82 Å². The fraction of sp³-hybridized carbons (Fsp3) is 0.385. The lowest BCUT2D eigenvalue weighted by molar-refractivity contribution is -0.278. The topological polar surface area (TPSA) is 52.0 Å².